The van der Waals surface area contributed by atoms with Crippen LogP contribution in [0.4, 0.5) is 5.69 Å². The van der Waals surface area contributed by atoms with Crippen LogP contribution in [0, 0.1) is 18.3 Å². The maximum Gasteiger partial charge on any atom is 0.263 e. The molecule has 0 bridgehead atoms. The molecule has 0 atom stereocenters. The van der Waals surface area contributed by atoms with E-state index in [0.717, 1.165) is 0 Å². The van der Waals surface area contributed by atoms with Gasteiger partial charge in [-0.2, -0.15) is 5.26 Å². The van der Waals surface area contributed by atoms with Crippen molar-refractivity contribution in [3.05, 3.63) is 63.6 Å². The molecule has 0 fully saturated rings. The third-order valence-corrected chi connectivity index (χ3v) is 2.98. The summed E-state index contributed by atoms with van der Waals surface area (Å²) in [4.78, 5) is 28.3. The summed E-state index contributed by atoms with van der Waals surface area (Å²) in [6.07, 6.45) is 1.42. The highest BCUT2D eigenvalue weighted by molar-refractivity contribution is 6.05. The van der Waals surface area contributed by atoms with Gasteiger partial charge in [0.2, 0.25) is 0 Å². The van der Waals surface area contributed by atoms with Crippen LogP contribution in [0.5, 0.6) is 0 Å². The molecule has 0 aliphatic heterocycles. The van der Waals surface area contributed by atoms with Gasteiger partial charge in [0.1, 0.15) is 5.56 Å². The normalized spacial score (nSPS) is 9.85. The van der Waals surface area contributed by atoms with Crippen LogP contribution in [0.2, 0.25) is 0 Å². The predicted octanol–water partition coefficient (Wildman–Crippen LogP) is 1.83. The van der Waals surface area contributed by atoms with Gasteiger partial charge in [0, 0.05) is 30.7 Å². The molecule has 1 aromatic carbocycles. The van der Waals surface area contributed by atoms with E-state index in [-0.39, 0.29) is 11.0 Å². The monoisotopic (exact) mass is 267 g/mol. The lowest BCUT2D eigenvalue weighted by Crippen LogP contribution is -2.30. The Labute approximate surface area is 116 Å². The van der Waals surface area contributed by atoms with E-state index in [4.69, 9.17) is 5.26 Å². The van der Waals surface area contributed by atoms with Crippen molar-refractivity contribution in [2.75, 3.05) is 11.9 Å². The minimum Gasteiger partial charge on any atom is -0.364 e. The molecule has 2 rings (SSSR count). The SMILES string of the molecule is Cc1cc(=O)c(C(=O)N(C)c2ccc(C#N)cc2)c[nH]1. The first-order valence-corrected chi connectivity index (χ1v) is 6.00. The minimum absolute atomic E-state index is 0.0856. The largest absolute Gasteiger partial charge is 0.364 e. The number of hydrogen-bond donors (Lipinski definition) is 1. The molecule has 2 aromatic rings. The molecule has 0 unspecified atom stereocenters. The summed E-state index contributed by atoms with van der Waals surface area (Å²) >= 11 is 0. The molecule has 1 aromatic heterocycles. The van der Waals surface area contributed by atoms with Gasteiger partial charge in [0.25, 0.3) is 5.91 Å². The number of carbonyl (C=O) groups excluding carboxylic acids is 1. The minimum atomic E-state index is -0.393. The summed E-state index contributed by atoms with van der Waals surface area (Å²) in [6, 6.07) is 9.98. The fourth-order valence-electron chi connectivity index (χ4n) is 1.80. The van der Waals surface area contributed by atoms with E-state index in [1.807, 2.05) is 6.07 Å². The van der Waals surface area contributed by atoms with Crippen molar-refractivity contribution in [2.24, 2.45) is 0 Å². The Balaban J connectivity index is 2.32. The molecule has 0 spiro atoms. The molecule has 0 aliphatic carbocycles. The first-order valence-electron chi connectivity index (χ1n) is 6.00. The molecule has 0 saturated heterocycles. The van der Waals surface area contributed by atoms with Crippen LogP contribution in [0.1, 0.15) is 21.6 Å². The Morgan fingerprint density at radius 2 is 1.95 bits per heavy atom. The van der Waals surface area contributed by atoms with Gasteiger partial charge >= 0.3 is 0 Å². The number of hydrogen-bond acceptors (Lipinski definition) is 3. The summed E-state index contributed by atoms with van der Waals surface area (Å²) in [6.45, 7) is 1.75. The maximum absolute atomic E-state index is 12.3. The third-order valence-electron chi connectivity index (χ3n) is 2.98. The van der Waals surface area contributed by atoms with Crippen molar-refractivity contribution in [3.8, 4) is 6.07 Å². The highest BCUT2D eigenvalue weighted by Gasteiger charge is 2.16. The molecule has 20 heavy (non-hydrogen) atoms. The molecule has 5 nitrogen and oxygen atoms in total. The van der Waals surface area contributed by atoms with Gasteiger partial charge in [0.15, 0.2) is 5.43 Å². The smallest absolute Gasteiger partial charge is 0.263 e. The second kappa shape index (κ2) is 5.41. The summed E-state index contributed by atoms with van der Waals surface area (Å²) in [5.41, 5.74) is 1.61. The number of pyridine rings is 1. The zero-order valence-corrected chi connectivity index (χ0v) is 11.2. The number of aromatic nitrogens is 1. The molecule has 1 heterocycles. The van der Waals surface area contributed by atoms with Crippen molar-refractivity contribution in [2.45, 2.75) is 6.92 Å². The van der Waals surface area contributed by atoms with E-state index in [9.17, 15) is 9.59 Å². The lowest BCUT2D eigenvalue weighted by Gasteiger charge is -2.17. The van der Waals surface area contributed by atoms with Gasteiger partial charge in [-0.3, -0.25) is 9.59 Å². The molecule has 100 valence electrons. The molecular formula is C15H13N3O2. The van der Waals surface area contributed by atoms with E-state index >= 15 is 0 Å². The second-order valence-corrected chi connectivity index (χ2v) is 4.42. The van der Waals surface area contributed by atoms with Crippen molar-refractivity contribution < 1.29 is 4.79 Å². The molecule has 0 radical (unpaired) electrons. The molecule has 0 saturated carbocycles. The van der Waals surface area contributed by atoms with E-state index < -0.39 is 5.91 Å². The number of rotatable bonds is 2. The molecule has 1 amide bonds. The van der Waals surface area contributed by atoms with Crippen molar-refractivity contribution >= 4 is 11.6 Å². The van der Waals surface area contributed by atoms with Gasteiger partial charge in [-0.25, -0.2) is 0 Å². The summed E-state index contributed by atoms with van der Waals surface area (Å²) < 4.78 is 0. The first-order chi connectivity index (χ1) is 9.52. The van der Waals surface area contributed by atoms with E-state index in [1.54, 1.807) is 38.2 Å². The van der Waals surface area contributed by atoms with Crippen molar-refractivity contribution in [1.82, 2.24) is 4.98 Å². The van der Waals surface area contributed by atoms with E-state index in [0.29, 0.717) is 16.9 Å². The standard InChI is InChI=1S/C15H13N3O2/c1-10-7-14(19)13(9-17-10)15(20)18(2)12-5-3-11(8-16)4-6-12/h3-7,9H,1-2H3,(H,17,19). The fraction of sp³-hybridized carbons (Fsp3) is 0.133. The van der Waals surface area contributed by atoms with Crippen LogP contribution in [-0.2, 0) is 0 Å². The number of nitriles is 1. The quantitative estimate of drug-likeness (QED) is 0.901. The molecular weight excluding hydrogens is 254 g/mol. The van der Waals surface area contributed by atoms with Crippen LogP contribution in [0.25, 0.3) is 0 Å². The second-order valence-electron chi connectivity index (χ2n) is 4.42. The number of aryl methyl sites for hydroxylation is 1. The summed E-state index contributed by atoms with van der Waals surface area (Å²) in [7, 11) is 1.59. The average molecular weight is 267 g/mol. The molecule has 5 heteroatoms. The Kier molecular flexibility index (Phi) is 3.67. The Hall–Kier alpha value is -2.87. The van der Waals surface area contributed by atoms with Crippen molar-refractivity contribution in [1.29, 1.82) is 5.26 Å². The lowest BCUT2D eigenvalue weighted by atomic mass is 10.2. The van der Waals surface area contributed by atoms with Crippen LogP contribution in [-0.4, -0.2) is 17.9 Å². The van der Waals surface area contributed by atoms with Gasteiger partial charge in [0.05, 0.1) is 11.6 Å². The Morgan fingerprint density at radius 1 is 1.30 bits per heavy atom. The highest BCUT2D eigenvalue weighted by Crippen LogP contribution is 2.15. The zero-order valence-electron chi connectivity index (χ0n) is 11.2. The van der Waals surface area contributed by atoms with E-state index in [1.165, 1.54) is 17.2 Å². The first kappa shape index (κ1) is 13.6. The topological polar surface area (TPSA) is 77.0 Å². The van der Waals surface area contributed by atoms with Gasteiger partial charge in [-0.15, -0.1) is 0 Å². The number of carbonyl (C=O) groups is 1. The van der Waals surface area contributed by atoms with Crippen LogP contribution >= 0.6 is 0 Å². The number of aromatic amines is 1. The molecule has 0 aliphatic rings. The number of anilines is 1. The predicted molar refractivity (Wildman–Crippen MR) is 75.7 cm³/mol. The highest BCUT2D eigenvalue weighted by atomic mass is 16.2. The number of nitrogens with zero attached hydrogens (tertiary/aromatic N) is 2. The average Bonchev–Trinajstić information content (AvgIpc) is 2.46. The number of amides is 1. The third kappa shape index (κ3) is 2.59. The fourth-order valence-corrected chi connectivity index (χ4v) is 1.80. The maximum atomic E-state index is 12.3. The zero-order chi connectivity index (χ0) is 14.7. The van der Waals surface area contributed by atoms with Gasteiger partial charge in [-0.05, 0) is 31.2 Å². The van der Waals surface area contributed by atoms with Crippen LogP contribution in [0.3, 0.4) is 0 Å². The summed E-state index contributed by atoms with van der Waals surface area (Å²) in [5, 5.41) is 8.74. The Bertz CT molecular complexity index is 739. The van der Waals surface area contributed by atoms with Crippen LogP contribution < -0.4 is 10.3 Å². The van der Waals surface area contributed by atoms with Crippen molar-refractivity contribution in [3.63, 3.8) is 0 Å². The van der Waals surface area contributed by atoms with E-state index in [2.05, 4.69) is 4.98 Å². The van der Waals surface area contributed by atoms with Crippen LogP contribution in [0.15, 0.2) is 41.3 Å². The van der Waals surface area contributed by atoms with Gasteiger partial charge < -0.3 is 9.88 Å². The number of benzene rings is 1. The Morgan fingerprint density at radius 3 is 2.50 bits per heavy atom. The molecule has 1 N–H and O–H groups in total. The lowest BCUT2D eigenvalue weighted by molar-refractivity contribution is 0.0991. The van der Waals surface area contributed by atoms with Gasteiger partial charge in [-0.1, -0.05) is 0 Å². The number of nitrogens with one attached hydrogen (secondary N) is 1. The number of H-pyrrole nitrogens is 1. The summed E-state index contributed by atoms with van der Waals surface area (Å²) in [5.74, 6) is -0.393.